The first-order valence-corrected chi connectivity index (χ1v) is 5.83. The molecule has 3 nitrogen and oxygen atoms in total. The zero-order valence-corrected chi connectivity index (χ0v) is 10.2. The smallest absolute Gasteiger partial charge is 0.248 e. The van der Waals surface area contributed by atoms with Gasteiger partial charge in [0.1, 0.15) is 0 Å². The highest BCUT2D eigenvalue weighted by Gasteiger charge is 2.39. The van der Waals surface area contributed by atoms with Crippen molar-refractivity contribution in [2.75, 3.05) is 6.54 Å². The highest BCUT2D eigenvalue weighted by molar-refractivity contribution is 5.78. The van der Waals surface area contributed by atoms with E-state index in [4.69, 9.17) is 5.26 Å². The summed E-state index contributed by atoms with van der Waals surface area (Å²) >= 11 is 0. The third-order valence-corrected chi connectivity index (χ3v) is 3.02. The van der Waals surface area contributed by atoms with Gasteiger partial charge in [0.2, 0.25) is 11.8 Å². The van der Waals surface area contributed by atoms with E-state index in [1.165, 1.54) is 0 Å². The maximum absolute atomic E-state index is 13.1. The maximum Gasteiger partial charge on any atom is 0.248 e. The molecule has 0 bridgehead atoms. The minimum absolute atomic E-state index is 0.125. The Bertz CT molecular complexity index is 334. The number of alkyl halides is 2. The summed E-state index contributed by atoms with van der Waals surface area (Å²) in [5.41, 5.74) is -0.660. The molecule has 0 aliphatic heterocycles. The van der Waals surface area contributed by atoms with Gasteiger partial charge in [0.05, 0.1) is 11.5 Å². The number of nitrogens with one attached hydrogen (secondary N) is 1. The quantitative estimate of drug-likeness (QED) is 0.829. The van der Waals surface area contributed by atoms with Crippen molar-refractivity contribution >= 4 is 5.91 Å². The fraction of sp³-hybridized carbons (Fsp3) is 0.833. The molecule has 0 heterocycles. The Morgan fingerprint density at radius 1 is 1.59 bits per heavy atom. The van der Waals surface area contributed by atoms with Gasteiger partial charge < -0.3 is 5.32 Å². The Morgan fingerprint density at radius 3 is 2.76 bits per heavy atom. The lowest BCUT2D eigenvalue weighted by Gasteiger charge is -2.28. The molecule has 1 aliphatic carbocycles. The van der Waals surface area contributed by atoms with Gasteiger partial charge in [-0.25, -0.2) is 8.78 Å². The molecule has 1 fully saturated rings. The van der Waals surface area contributed by atoms with Gasteiger partial charge in [-0.05, 0) is 26.7 Å². The summed E-state index contributed by atoms with van der Waals surface area (Å²) in [4.78, 5) is 11.7. The van der Waals surface area contributed by atoms with E-state index in [-0.39, 0.29) is 25.3 Å². The van der Waals surface area contributed by atoms with Crippen LogP contribution in [0.1, 0.15) is 39.5 Å². The number of rotatable bonds is 3. The molecule has 5 heteroatoms. The summed E-state index contributed by atoms with van der Waals surface area (Å²) in [6, 6.07) is 2.05. The molecule has 0 aromatic rings. The van der Waals surface area contributed by atoms with Crippen LogP contribution in [0.2, 0.25) is 0 Å². The lowest BCUT2D eigenvalue weighted by molar-refractivity contribution is -0.132. The zero-order chi connectivity index (χ0) is 13.1. The number of nitrogens with zero attached hydrogens (tertiary/aromatic N) is 1. The molecule has 1 saturated carbocycles. The van der Waals surface area contributed by atoms with Crippen molar-refractivity contribution in [2.45, 2.75) is 45.5 Å². The Labute approximate surface area is 100 Å². The predicted molar refractivity (Wildman–Crippen MR) is 59.3 cm³/mol. The van der Waals surface area contributed by atoms with E-state index in [9.17, 15) is 13.6 Å². The van der Waals surface area contributed by atoms with E-state index in [1.807, 2.05) is 0 Å². The lowest BCUT2D eigenvalue weighted by Crippen LogP contribution is -2.40. The average Bonchev–Trinajstić information content (AvgIpc) is 2.24. The molecule has 0 aromatic carbocycles. The Morgan fingerprint density at radius 2 is 2.24 bits per heavy atom. The molecule has 96 valence electrons. The minimum Gasteiger partial charge on any atom is -0.354 e. The van der Waals surface area contributed by atoms with E-state index in [0.717, 1.165) is 0 Å². The molecule has 0 spiro atoms. The van der Waals surface area contributed by atoms with Crippen molar-refractivity contribution in [3.8, 4) is 6.07 Å². The van der Waals surface area contributed by atoms with Gasteiger partial charge in [0.15, 0.2) is 0 Å². The normalized spacial score (nSPS) is 23.8. The minimum atomic E-state index is -2.72. The third kappa shape index (κ3) is 4.29. The molecule has 1 N–H and O–H groups in total. The number of amides is 1. The van der Waals surface area contributed by atoms with Crippen LogP contribution >= 0.6 is 0 Å². The molecule has 1 aliphatic rings. The largest absolute Gasteiger partial charge is 0.354 e. The first-order valence-electron chi connectivity index (χ1n) is 5.83. The van der Waals surface area contributed by atoms with Crippen molar-refractivity contribution in [3.63, 3.8) is 0 Å². The van der Waals surface area contributed by atoms with Crippen molar-refractivity contribution in [1.29, 1.82) is 5.26 Å². The Kier molecular flexibility index (Phi) is 4.07. The van der Waals surface area contributed by atoms with Crippen molar-refractivity contribution in [1.82, 2.24) is 5.32 Å². The topological polar surface area (TPSA) is 52.9 Å². The van der Waals surface area contributed by atoms with Gasteiger partial charge >= 0.3 is 0 Å². The van der Waals surface area contributed by atoms with Crippen LogP contribution in [0.4, 0.5) is 8.78 Å². The SMILES string of the molecule is CC(C)(C#N)CNC(=O)C1CCCC(F)(F)C1. The monoisotopic (exact) mass is 244 g/mol. The average molecular weight is 244 g/mol. The second-order valence-corrected chi connectivity index (χ2v) is 5.36. The van der Waals surface area contributed by atoms with Crippen LogP contribution < -0.4 is 5.32 Å². The summed E-state index contributed by atoms with van der Waals surface area (Å²) in [7, 11) is 0. The Hall–Kier alpha value is -1.18. The highest BCUT2D eigenvalue weighted by atomic mass is 19.3. The van der Waals surface area contributed by atoms with Crippen LogP contribution in [0.15, 0.2) is 0 Å². The lowest BCUT2D eigenvalue weighted by atomic mass is 9.85. The maximum atomic E-state index is 13.1. The van der Waals surface area contributed by atoms with Crippen LogP contribution in [0.3, 0.4) is 0 Å². The Balaban J connectivity index is 2.46. The predicted octanol–water partition coefficient (Wildman–Crippen LogP) is 2.48. The summed E-state index contributed by atoms with van der Waals surface area (Å²) in [6.45, 7) is 3.59. The standard InChI is InChI=1S/C12H18F2N2O/c1-11(2,7-15)8-16-10(17)9-4-3-5-12(13,14)6-9/h9H,3-6,8H2,1-2H3,(H,16,17). The molecule has 0 saturated heterocycles. The number of halogens is 2. The molecular weight excluding hydrogens is 226 g/mol. The van der Waals surface area contributed by atoms with E-state index >= 15 is 0 Å². The van der Waals surface area contributed by atoms with Gasteiger partial charge in [-0.15, -0.1) is 0 Å². The molecular formula is C12H18F2N2O. The van der Waals surface area contributed by atoms with E-state index in [1.54, 1.807) is 13.8 Å². The summed E-state index contributed by atoms with van der Waals surface area (Å²) in [6.07, 6.45) is 0.396. The van der Waals surface area contributed by atoms with Gasteiger partial charge in [-0.2, -0.15) is 5.26 Å². The summed E-state index contributed by atoms with van der Waals surface area (Å²) < 4.78 is 26.2. The first kappa shape index (κ1) is 13.9. The second-order valence-electron chi connectivity index (χ2n) is 5.36. The van der Waals surface area contributed by atoms with Gasteiger partial charge in [0, 0.05) is 25.3 Å². The van der Waals surface area contributed by atoms with Crippen LogP contribution in [-0.4, -0.2) is 18.4 Å². The van der Waals surface area contributed by atoms with E-state index in [2.05, 4.69) is 11.4 Å². The number of carbonyl (C=O) groups is 1. The number of hydrogen-bond acceptors (Lipinski definition) is 2. The molecule has 1 atom stereocenters. The van der Waals surface area contributed by atoms with Gasteiger partial charge in [0.25, 0.3) is 0 Å². The van der Waals surface area contributed by atoms with E-state index in [0.29, 0.717) is 12.8 Å². The summed E-state index contributed by atoms with van der Waals surface area (Å²) in [5, 5.41) is 11.4. The first-order chi connectivity index (χ1) is 7.76. The fourth-order valence-corrected chi connectivity index (χ4v) is 1.89. The van der Waals surface area contributed by atoms with Crippen molar-refractivity contribution < 1.29 is 13.6 Å². The molecule has 1 unspecified atom stereocenters. The number of nitriles is 1. The van der Waals surface area contributed by atoms with Gasteiger partial charge in [-0.3, -0.25) is 4.79 Å². The molecule has 1 amide bonds. The molecule has 1 rings (SSSR count). The molecule has 0 aromatic heterocycles. The van der Waals surface area contributed by atoms with E-state index < -0.39 is 17.3 Å². The van der Waals surface area contributed by atoms with Crippen molar-refractivity contribution in [2.24, 2.45) is 11.3 Å². The van der Waals surface area contributed by atoms with Crippen LogP contribution in [-0.2, 0) is 4.79 Å². The van der Waals surface area contributed by atoms with Crippen LogP contribution in [0, 0.1) is 22.7 Å². The van der Waals surface area contributed by atoms with Crippen LogP contribution in [0.25, 0.3) is 0 Å². The van der Waals surface area contributed by atoms with Gasteiger partial charge in [-0.1, -0.05) is 0 Å². The number of hydrogen-bond donors (Lipinski definition) is 1. The van der Waals surface area contributed by atoms with Crippen molar-refractivity contribution in [3.05, 3.63) is 0 Å². The number of carbonyl (C=O) groups excluding carboxylic acids is 1. The third-order valence-electron chi connectivity index (χ3n) is 3.02. The summed E-state index contributed by atoms with van der Waals surface area (Å²) in [5.74, 6) is -3.69. The zero-order valence-electron chi connectivity index (χ0n) is 10.2. The fourth-order valence-electron chi connectivity index (χ4n) is 1.89. The molecule has 17 heavy (non-hydrogen) atoms. The molecule has 0 radical (unpaired) electrons. The second kappa shape index (κ2) is 4.99. The highest BCUT2D eigenvalue weighted by Crippen LogP contribution is 2.36. The van der Waals surface area contributed by atoms with Crippen LogP contribution in [0.5, 0.6) is 0 Å².